The first-order valence-electron chi connectivity index (χ1n) is 13.2. The van der Waals surface area contributed by atoms with Crippen molar-refractivity contribution in [1.29, 1.82) is 0 Å². The SMILES string of the molecule is C=C(C)COc1ccc(Br)cc1CN(CC)c1c(Br)ccc(OCC(=C)C)c1CN(CC)c1ccnnc1C(=O)O. The fourth-order valence-corrected chi connectivity index (χ4v) is 5.31. The second kappa shape index (κ2) is 15.0. The molecule has 0 spiro atoms. The van der Waals surface area contributed by atoms with Gasteiger partial charge in [0.1, 0.15) is 24.7 Å². The largest absolute Gasteiger partial charge is 0.489 e. The average Bonchev–Trinajstić information content (AvgIpc) is 2.93. The van der Waals surface area contributed by atoms with Crippen molar-refractivity contribution in [2.75, 3.05) is 36.1 Å². The standard InChI is InChI=1S/C31H36Br2N4O4/c1-7-36(26-13-14-34-35-29(26)31(38)39)17-24-28(41-19-21(5)6)12-10-25(33)30(24)37(8-2)16-22-15-23(32)9-11-27(22)40-18-20(3)4/h9-15H,3,5,7-8,16-19H2,1-2,4,6H3,(H,38,39). The summed E-state index contributed by atoms with van der Waals surface area (Å²) < 4.78 is 14.2. The molecule has 1 aromatic heterocycles. The zero-order valence-electron chi connectivity index (χ0n) is 23.9. The van der Waals surface area contributed by atoms with Gasteiger partial charge in [-0.1, -0.05) is 29.1 Å². The van der Waals surface area contributed by atoms with Crippen molar-refractivity contribution >= 4 is 49.2 Å². The van der Waals surface area contributed by atoms with Crippen LogP contribution in [0.3, 0.4) is 0 Å². The number of hydrogen-bond acceptors (Lipinski definition) is 7. The lowest BCUT2D eigenvalue weighted by molar-refractivity contribution is 0.0690. The van der Waals surface area contributed by atoms with Gasteiger partial charge in [0, 0.05) is 46.3 Å². The van der Waals surface area contributed by atoms with Crippen molar-refractivity contribution in [3.63, 3.8) is 0 Å². The first kappa shape index (κ1) is 32.1. The molecule has 3 aromatic rings. The van der Waals surface area contributed by atoms with Gasteiger partial charge in [0.2, 0.25) is 0 Å². The molecule has 0 unspecified atom stereocenters. The van der Waals surface area contributed by atoms with Crippen molar-refractivity contribution in [2.24, 2.45) is 0 Å². The van der Waals surface area contributed by atoms with Crippen LogP contribution >= 0.6 is 31.9 Å². The quantitative estimate of drug-likeness (QED) is 0.163. The van der Waals surface area contributed by atoms with E-state index < -0.39 is 5.97 Å². The highest BCUT2D eigenvalue weighted by Crippen LogP contribution is 2.40. The van der Waals surface area contributed by atoms with Crippen molar-refractivity contribution in [1.82, 2.24) is 10.2 Å². The minimum Gasteiger partial charge on any atom is -0.489 e. The summed E-state index contributed by atoms with van der Waals surface area (Å²) in [6.07, 6.45) is 1.50. The Bertz CT molecular complexity index is 1410. The number of halogens is 2. The first-order chi connectivity index (χ1) is 19.5. The normalized spacial score (nSPS) is 10.7. The second-order valence-corrected chi connectivity index (χ2v) is 11.5. The highest BCUT2D eigenvalue weighted by atomic mass is 79.9. The van der Waals surface area contributed by atoms with Crippen LogP contribution < -0.4 is 19.3 Å². The van der Waals surface area contributed by atoms with Gasteiger partial charge in [-0.15, -0.1) is 5.10 Å². The summed E-state index contributed by atoms with van der Waals surface area (Å²) in [5.41, 5.74) is 5.05. The minimum absolute atomic E-state index is 0.101. The van der Waals surface area contributed by atoms with Crippen LogP contribution in [-0.2, 0) is 13.1 Å². The molecule has 0 saturated carbocycles. The van der Waals surface area contributed by atoms with E-state index in [9.17, 15) is 9.90 Å². The van der Waals surface area contributed by atoms with Crippen LogP contribution in [0.15, 0.2) is 75.8 Å². The van der Waals surface area contributed by atoms with Crippen LogP contribution in [0.4, 0.5) is 11.4 Å². The molecule has 10 heteroatoms. The number of carbonyl (C=O) groups is 1. The molecule has 218 valence electrons. The van der Waals surface area contributed by atoms with Crippen LogP contribution in [-0.4, -0.2) is 47.6 Å². The van der Waals surface area contributed by atoms with Gasteiger partial charge in [0.05, 0.1) is 17.6 Å². The summed E-state index contributed by atoms with van der Waals surface area (Å²) in [7, 11) is 0. The topological polar surface area (TPSA) is 88.0 Å². The third-order valence-corrected chi connectivity index (χ3v) is 7.33. The Labute approximate surface area is 258 Å². The van der Waals surface area contributed by atoms with Gasteiger partial charge in [-0.3, -0.25) is 0 Å². The molecule has 0 amide bonds. The predicted octanol–water partition coefficient (Wildman–Crippen LogP) is 7.66. The maximum Gasteiger partial charge on any atom is 0.358 e. The smallest absolute Gasteiger partial charge is 0.358 e. The number of nitrogens with zero attached hydrogens (tertiary/aromatic N) is 4. The number of rotatable bonds is 15. The second-order valence-electron chi connectivity index (χ2n) is 9.71. The number of carboxylic acid groups (broad SMARTS) is 1. The number of hydrogen-bond donors (Lipinski definition) is 1. The maximum atomic E-state index is 12.0. The van der Waals surface area contributed by atoms with E-state index in [1.165, 1.54) is 6.20 Å². The van der Waals surface area contributed by atoms with Gasteiger partial charge in [0.25, 0.3) is 0 Å². The summed E-state index contributed by atoms with van der Waals surface area (Å²) >= 11 is 7.41. The zero-order chi connectivity index (χ0) is 30.1. The Morgan fingerprint density at radius 1 is 0.927 bits per heavy atom. The molecule has 41 heavy (non-hydrogen) atoms. The Hall–Kier alpha value is -3.37. The fraction of sp³-hybridized carbons (Fsp3) is 0.323. The molecule has 0 atom stereocenters. The molecule has 0 bridgehead atoms. The first-order valence-corrected chi connectivity index (χ1v) is 14.8. The van der Waals surface area contributed by atoms with Crippen LogP contribution in [0.5, 0.6) is 11.5 Å². The van der Waals surface area contributed by atoms with E-state index in [4.69, 9.17) is 9.47 Å². The summed E-state index contributed by atoms with van der Waals surface area (Å²) in [5.74, 6) is 0.341. The summed E-state index contributed by atoms with van der Waals surface area (Å²) in [6.45, 7) is 18.8. The van der Waals surface area contributed by atoms with Crippen LogP contribution in [0.2, 0.25) is 0 Å². The van der Waals surface area contributed by atoms with Crippen LogP contribution in [0.25, 0.3) is 0 Å². The Morgan fingerprint density at radius 2 is 1.56 bits per heavy atom. The molecule has 0 saturated heterocycles. The average molecular weight is 688 g/mol. The van der Waals surface area contributed by atoms with Crippen LogP contribution in [0, 0.1) is 0 Å². The molecule has 0 aliphatic heterocycles. The lowest BCUT2D eigenvalue weighted by Crippen LogP contribution is -2.29. The number of carboxylic acids is 1. The monoisotopic (exact) mass is 686 g/mol. The molecular formula is C31H36Br2N4O4. The van der Waals surface area contributed by atoms with Gasteiger partial charge in [-0.2, -0.15) is 5.10 Å². The third-order valence-electron chi connectivity index (χ3n) is 6.19. The number of anilines is 2. The third kappa shape index (κ3) is 8.56. The number of benzene rings is 2. The molecule has 0 aliphatic carbocycles. The molecule has 2 aromatic carbocycles. The lowest BCUT2D eigenvalue weighted by Gasteiger charge is -2.32. The number of aromatic carboxylic acids is 1. The molecular weight excluding hydrogens is 652 g/mol. The molecule has 3 rings (SSSR count). The predicted molar refractivity (Wildman–Crippen MR) is 171 cm³/mol. The molecule has 0 fully saturated rings. The Kier molecular flexibility index (Phi) is 11.8. The Morgan fingerprint density at radius 3 is 2.17 bits per heavy atom. The van der Waals surface area contributed by atoms with Gasteiger partial charge in [-0.05, 0) is 91.2 Å². The van der Waals surface area contributed by atoms with Gasteiger partial charge in [-0.25, -0.2) is 4.79 Å². The van der Waals surface area contributed by atoms with Crippen molar-refractivity contribution in [2.45, 2.75) is 40.8 Å². The highest BCUT2D eigenvalue weighted by molar-refractivity contribution is 9.10. The summed E-state index contributed by atoms with van der Waals surface area (Å²) in [5, 5.41) is 17.5. The molecule has 0 radical (unpaired) electrons. The van der Waals surface area contributed by atoms with E-state index in [1.807, 2.05) is 49.9 Å². The van der Waals surface area contributed by atoms with E-state index in [-0.39, 0.29) is 5.69 Å². The molecule has 1 N–H and O–H groups in total. The van der Waals surface area contributed by atoms with Crippen molar-refractivity contribution < 1.29 is 19.4 Å². The van der Waals surface area contributed by atoms with Gasteiger partial charge in [0.15, 0.2) is 5.69 Å². The summed E-state index contributed by atoms with van der Waals surface area (Å²) in [4.78, 5) is 16.2. The number of ether oxygens (including phenoxy) is 2. The lowest BCUT2D eigenvalue weighted by atomic mass is 10.1. The number of aromatic nitrogens is 2. The van der Waals surface area contributed by atoms with E-state index in [1.54, 1.807) is 6.07 Å². The van der Waals surface area contributed by atoms with E-state index in [2.05, 4.69) is 73.1 Å². The molecule has 8 nitrogen and oxygen atoms in total. The van der Waals surface area contributed by atoms with E-state index in [0.29, 0.717) is 50.8 Å². The van der Waals surface area contributed by atoms with E-state index >= 15 is 0 Å². The zero-order valence-corrected chi connectivity index (χ0v) is 27.1. The summed E-state index contributed by atoms with van der Waals surface area (Å²) in [6, 6.07) is 11.6. The fourth-order valence-electron chi connectivity index (χ4n) is 4.28. The van der Waals surface area contributed by atoms with Crippen molar-refractivity contribution in [3.8, 4) is 11.5 Å². The van der Waals surface area contributed by atoms with Gasteiger partial charge >= 0.3 is 5.97 Å². The van der Waals surface area contributed by atoms with Crippen molar-refractivity contribution in [3.05, 3.63) is 92.7 Å². The van der Waals surface area contributed by atoms with Crippen LogP contribution in [0.1, 0.15) is 49.3 Å². The molecule has 0 aliphatic rings. The minimum atomic E-state index is -1.13. The van der Waals surface area contributed by atoms with Gasteiger partial charge < -0.3 is 24.4 Å². The Balaban J connectivity index is 2.14. The molecule has 1 heterocycles. The van der Waals surface area contributed by atoms with E-state index in [0.717, 1.165) is 42.7 Å². The maximum absolute atomic E-state index is 12.0. The highest BCUT2D eigenvalue weighted by Gasteiger charge is 2.24.